The predicted octanol–water partition coefficient (Wildman–Crippen LogP) is 6.02. The molecule has 0 aliphatic heterocycles. The summed E-state index contributed by atoms with van der Waals surface area (Å²) in [5.41, 5.74) is 6.58. The molecular formula is C28H30N4OS. The zero-order valence-electron chi connectivity index (χ0n) is 19.9. The second kappa shape index (κ2) is 11.2. The van der Waals surface area contributed by atoms with Gasteiger partial charge in [0, 0.05) is 17.8 Å². The number of hydrogen-bond donors (Lipinski definition) is 1. The summed E-state index contributed by atoms with van der Waals surface area (Å²) in [6.45, 7) is 6.26. The molecule has 6 heteroatoms. The van der Waals surface area contributed by atoms with Crippen LogP contribution in [0.2, 0.25) is 0 Å². The maximum Gasteiger partial charge on any atom is 0.234 e. The maximum absolute atomic E-state index is 12.8. The van der Waals surface area contributed by atoms with Crippen molar-refractivity contribution < 1.29 is 4.79 Å². The van der Waals surface area contributed by atoms with Gasteiger partial charge in [0.05, 0.1) is 5.75 Å². The number of nitrogens with one attached hydrogen (secondary N) is 1. The summed E-state index contributed by atoms with van der Waals surface area (Å²) < 4.78 is 2.07. The molecule has 5 nitrogen and oxygen atoms in total. The molecule has 0 bridgehead atoms. The van der Waals surface area contributed by atoms with Gasteiger partial charge in [-0.2, -0.15) is 0 Å². The van der Waals surface area contributed by atoms with E-state index in [2.05, 4.69) is 76.4 Å². The average molecular weight is 471 g/mol. The van der Waals surface area contributed by atoms with Crippen LogP contribution in [0.4, 0.5) is 5.69 Å². The number of aryl methyl sites for hydroxylation is 3. The van der Waals surface area contributed by atoms with Crippen LogP contribution in [0.15, 0.2) is 78.0 Å². The molecule has 0 aliphatic rings. The molecule has 1 aromatic heterocycles. The Kier molecular flexibility index (Phi) is 7.80. The van der Waals surface area contributed by atoms with E-state index in [9.17, 15) is 4.79 Å². The van der Waals surface area contributed by atoms with Gasteiger partial charge in [0.25, 0.3) is 0 Å². The van der Waals surface area contributed by atoms with Crippen LogP contribution in [-0.2, 0) is 24.1 Å². The van der Waals surface area contributed by atoms with Gasteiger partial charge in [-0.25, -0.2) is 0 Å². The van der Waals surface area contributed by atoms with Crippen LogP contribution in [0.5, 0.6) is 0 Å². The van der Waals surface area contributed by atoms with Crippen LogP contribution in [0.3, 0.4) is 0 Å². The first kappa shape index (κ1) is 23.8. The van der Waals surface area contributed by atoms with Gasteiger partial charge in [-0.15, -0.1) is 10.2 Å². The lowest BCUT2D eigenvalue weighted by molar-refractivity contribution is -0.113. The standard InChI is InChI=1S/C28H30N4OS/c1-4-21-14-16-24(17-15-21)32-25(18-22-11-7-6-8-12-22)30-31-28(32)34-19-26(33)29-27-20(3)10-9-13-23(27)5-2/h6-17H,4-5,18-19H2,1-3H3,(H,29,33). The number of nitrogens with zero attached hydrogens (tertiary/aromatic N) is 3. The number of anilines is 1. The van der Waals surface area contributed by atoms with E-state index in [-0.39, 0.29) is 11.7 Å². The van der Waals surface area contributed by atoms with Crippen LogP contribution in [0, 0.1) is 6.92 Å². The highest BCUT2D eigenvalue weighted by Gasteiger charge is 2.17. The Labute approximate surface area is 205 Å². The molecule has 1 N–H and O–H groups in total. The van der Waals surface area contributed by atoms with Crippen molar-refractivity contribution in [3.05, 3.63) is 101 Å². The molecule has 0 atom stereocenters. The largest absolute Gasteiger partial charge is 0.325 e. The lowest BCUT2D eigenvalue weighted by Crippen LogP contribution is -2.16. The molecule has 4 rings (SSSR count). The van der Waals surface area contributed by atoms with E-state index in [0.717, 1.165) is 41.2 Å². The van der Waals surface area contributed by atoms with Crippen LogP contribution in [0.1, 0.15) is 41.9 Å². The number of amides is 1. The Hall–Kier alpha value is -3.38. The third-order valence-corrected chi connectivity index (χ3v) is 6.77. The van der Waals surface area contributed by atoms with Gasteiger partial charge >= 0.3 is 0 Å². The molecule has 0 radical (unpaired) electrons. The minimum Gasteiger partial charge on any atom is -0.325 e. The Morgan fingerprint density at radius 1 is 0.882 bits per heavy atom. The molecule has 0 saturated carbocycles. The lowest BCUT2D eigenvalue weighted by atomic mass is 10.1. The highest BCUT2D eigenvalue weighted by atomic mass is 32.2. The smallest absolute Gasteiger partial charge is 0.234 e. The molecule has 0 saturated heterocycles. The number of rotatable bonds is 9. The number of hydrogen-bond acceptors (Lipinski definition) is 4. The number of carbonyl (C=O) groups excluding carboxylic acids is 1. The normalized spacial score (nSPS) is 10.9. The first-order valence-corrected chi connectivity index (χ1v) is 12.7. The molecule has 1 amide bonds. The highest BCUT2D eigenvalue weighted by Crippen LogP contribution is 2.26. The van der Waals surface area contributed by atoms with Crippen molar-refractivity contribution in [2.75, 3.05) is 11.1 Å². The van der Waals surface area contributed by atoms with Crippen molar-refractivity contribution in [2.24, 2.45) is 0 Å². The van der Waals surface area contributed by atoms with Crippen LogP contribution in [-0.4, -0.2) is 26.4 Å². The summed E-state index contributed by atoms with van der Waals surface area (Å²) >= 11 is 1.41. The maximum atomic E-state index is 12.8. The van der Waals surface area contributed by atoms with Gasteiger partial charge in [0.2, 0.25) is 5.91 Å². The SMILES string of the molecule is CCc1ccc(-n2c(Cc3ccccc3)nnc2SCC(=O)Nc2c(C)cccc2CC)cc1. The highest BCUT2D eigenvalue weighted by molar-refractivity contribution is 7.99. The number of para-hydroxylation sites is 1. The Morgan fingerprint density at radius 3 is 2.35 bits per heavy atom. The summed E-state index contributed by atoms with van der Waals surface area (Å²) in [5, 5.41) is 12.8. The van der Waals surface area contributed by atoms with E-state index in [0.29, 0.717) is 11.6 Å². The minimum absolute atomic E-state index is 0.0468. The van der Waals surface area contributed by atoms with Crippen molar-refractivity contribution >= 4 is 23.4 Å². The van der Waals surface area contributed by atoms with Crippen molar-refractivity contribution in [3.63, 3.8) is 0 Å². The van der Waals surface area contributed by atoms with Crippen LogP contribution < -0.4 is 5.32 Å². The van der Waals surface area contributed by atoms with E-state index in [1.807, 2.05) is 37.3 Å². The lowest BCUT2D eigenvalue weighted by Gasteiger charge is -2.13. The van der Waals surface area contributed by atoms with E-state index in [1.54, 1.807) is 0 Å². The molecule has 0 unspecified atom stereocenters. The van der Waals surface area contributed by atoms with Crippen molar-refractivity contribution in [1.29, 1.82) is 0 Å². The number of aromatic nitrogens is 3. The van der Waals surface area contributed by atoms with E-state index < -0.39 is 0 Å². The zero-order valence-corrected chi connectivity index (χ0v) is 20.7. The van der Waals surface area contributed by atoms with Crippen molar-refractivity contribution in [2.45, 2.75) is 45.2 Å². The average Bonchev–Trinajstić information content (AvgIpc) is 3.26. The summed E-state index contributed by atoms with van der Waals surface area (Å²) in [4.78, 5) is 12.8. The van der Waals surface area contributed by atoms with Gasteiger partial charge in [0.1, 0.15) is 5.82 Å². The van der Waals surface area contributed by atoms with Crippen molar-refractivity contribution in [3.8, 4) is 5.69 Å². The fraction of sp³-hybridized carbons (Fsp3) is 0.250. The molecule has 0 fully saturated rings. The Morgan fingerprint density at radius 2 is 1.65 bits per heavy atom. The van der Waals surface area contributed by atoms with Crippen LogP contribution >= 0.6 is 11.8 Å². The summed E-state index contributed by atoms with van der Waals surface area (Å²) in [5.74, 6) is 1.06. The summed E-state index contributed by atoms with van der Waals surface area (Å²) in [6, 6.07) is 24.8. The third-order valence-electron chi connectivity index (χ3n) is 5.84. The second-order valence-corrected chi connectivity index (χ2v) is 9.16. The van der Waals surface area contributed by atoms with Gasteiger partial charge < -0.3 is 5.32 Å². The zero-order chi connectivity index (χ0) is 23.9. The number of carbonyl (C=O) groups is 1. The van der Waals surface area contributed by atoms with Crippen molar-refractivity contribution in [1.82, 2.24) is 14.8 Å². The summed E-state index contributed by atoms with van der Waals surface area (Å²) in [6.07, 6.45) is 2.52. The molecule has 0 aliphatic carbocycles. The van der Waals surface area contributed by atoms with Gasteiger partial charge in [-0.05, 0) is 54.2 Å². The van der Waals surface area contributed by atoms with Gasteiger partial charge in [-0.1, -0.05) is 86.3 Å². The predicted molar refractivity (Wildman–Crippen MR) is 140 cm³/mol. The number of benzene rings is 3. The first-order valence-electron chi connectivity index (χ1n) is 11.7. The first-order chi connectivity index (χ1) is 16.6. The second-order valence-electron chi connectivity index (χ2n) is 8.22. The summed E-state index contributed by atoms with van der Waals surface area (Å²) in [7, 11) is 0. The third kappa shape index (κ3) is 5.57. The quantitative estimate of drug-likeness (QED) is 0.304. The number of thioether (sulfide) groups is 1. The topological polar surface area (TPSA) is 59.8 Å². The Bertz CT molecular complexity index is 1250. The molecule has 34 heavy (non-hydrogen) atoms. The molecule has 3 aromatic carbocycles. The molecule has 4 aromatic rings. The molecule has 0 spiro atoms. The molecular weight excluding hydrogens is 440 g/mol. The fourth-order valence-corrected chi connectivity index (χ4v) is 4.71. The monoisotopic (exact) mass is 470 g/mol. The van der Waals surface area contributed by atoms with Crippen LogP contribution in [0.25, 0.3) is 5.69 Å². The molecule has 1 heterocycles. The van der Waals surface area contributed by atoms with Gasteiger partial charge in [0.15, 0.2) is 5.16 Å². The fourth-order valence-electron chi connectivity index (χ4n) is 3.93. The van der Waals surface area contributed by atoms with E-state index >= 15 is 0 Å². The molecule has 174 valence electrons. The van der Waals surface area contributed by atoms with E-state index in [1.165, 1.54) is 22.9 Å². The Balaban J connectivity index is 1.57. The van der Waals surface area contributed by atoms with E-state index in [4.69, 9.17) is 0 Å². The minimum atomic E-state index is -0.0468. The van der Waals surface area contributed by atoms with Gasteiger partial charge in [-0.3, -0.25) is 9.36 Å².